The molecule has 21 heavy (non-hydrogen) atoms. The Morgan fingerprint density at radius 2 is 1.67 bits per heavy atom. The highest BCUT2D eigenvalue weighted by Gasteiger charge is 2.13. The van der Waals surface area contributed by atoms with E-state index in [2.05, 4.69) is 15.6 Å². The van der Waals surface area contributed by atoms with Gasteiger partial charge >= 0.3 is 0 Å². The van der Waals surface area contributed by atoms with Crippen molar-refractivity contribution in [3.8, 4) is 0 Å². The van der Waals surface area contributed by atoms with Crippen LogP contribution in [0.25, 0.3) is 0 Å². The number of aromatic nitrogens is 1. The summed E-state index contributed by atoms with van der Waals surface area (Å²) < 4.78 is 0. The first-order chi connectivity index (χ1) is 10.1. The monoisotopic (exact) mass is 303 g/mol. The van der Waals surface area contributed by atoms with Crippen LogP contribution < -0.4 is 10.6 Å². The van der Waals surface area contributed by atoms with E-state index in [-0.39, 0.29) is 11.8 Å². The third kappa shape index (κ3) is 4.13. The Labute approximate surface area is 127 Å². The van der Waals surface area contributed by atoms with Crippen LogP contribution in [0.4, 0.5) is 0 Å². The molecule has 110 valence electrons. The minimum atomic E-state index is -0.146. The highest BCUT2D eigenvalue weighted by Crippen LogP contribution is 2.16. The number of amides is 2. The maximum atomic E-state index is 11.9. The zero-order chi connectivity index (χ0) is 15.2. The first-order valence-corrected chi connectivity index (χ1v) is 7.45. The number of nitrogens with one attached hydrogen (secondary N) is 2. The fraction of sp³-hybridized carbons (Fsp3) is 0.267. The van der Waals surface area contributed by atoms with Gasteiger partial charge in [0.1, 0.15) is 4.88 Å². The summed E-state index contributed by atoms with van der Waals surface area (Å²) in [6, 6.07) is 8.97. The predicted octanol–water partition coefficient (Wildman–Crippen LogP) is 1.92. The Morgan fingerprint density at radius 1 is 1.05 bits per heavy atom. The van der Waals surface area contributed by atoms with E-state index in [1.54, 1.807) is 12.1 Å². The van der Waals surface area contributed by atoms with Crippen molar-refractivity contribution in [3.05, 3.63) is 51.5 Å². The van der Waals surface area contributed by atoms with Gasteiger partial charge in [0.2, 0.25) is 0 Å². The van der Waals surface area contributed by atoms with Gasteiger partial charge in [-0.15, -0.1) is 11.3 Å². The van der Waals surface area contributed by atoms with Crippen molar-refractivity contribution in [2.75, 3.05) is 13.1 Å². The van der Waals surface area contributed by atoms with E-state index in [9.17, 15) is 9.59 Å². The van der Waals surface area contributed by atoms with Crippen LogP contribution in [-0.2, 0) is 0 Å². The van der Waals surface area contributed by atoms with Crippen LogP contribution in [0.15, 0.2) is 30.3 Å². The van der Waals surface area contributed by atoms with Gasteiger partial charge in [0.15, 0.2) is 0 Å². The third-order valence-electron chi connectivity index (χ3n) is 2.84. The van der Waals surface area contributed by atoms with Gasteiger partial charge in [0.25, 0.3) is 11.8 Å². The number of hydrogen-bond donors (Lipinski definition) is 2. The summed E-state index contributed by atoms with van der Waals surface area (Å²) in [6.07, 6.45) is 0. The molecule has 0 fully saturated rings. The van der Waals surface area contributed by atoms with E-state index < -0.39 is 0 Å². The second-order valence-corrected chi connectivity index (χ2v) is 5.73. The van der Waals surface area contributed by atoms with Crippen molar-refractivity contribution < 1.29 is 9.59 Å². The average Bonchev–Trinajstić information content (AvgIpc) is 2.83. The molecule has 0 saturated heterocycles. The maximum Gasteiger partial charge on any atom is 0.263 e. The second-order valence-electron chi connectivity index (χ2n) is 4.53. The normalized spacial score (nSPS) is 10.2. The number of carbonyl (C=O) groups excluding carboxylic acids is 2. The molecular weight excluding hydrogens is 286 g/mol. The smallest absolute Gasteiger partial charge is 0.263 e. The number of benzene rings is 1. The molecule has 0 radical (unpaired) electrons. The highest BCUT2D eigenvalue weighted by atomic mass is 32.1. The SMILES string of the molecule is Cc1nc(C)c(C(=O)NCCNC(=O)c2ccccc2)s1. The Morgan fingerprint density at radius 3 is 2.24 bits per heavy atom. The topological polar surface area (TPSA) is 71.1 Å². The highest BCUT2D eigenvalue weighted by molar-refractivity contribution is 7.13. The molecule has 6 heteroatoms. The minimum Gasteiger partial charge on any atom is -0.350 e. The van der Waals surface area contributed by atoms with Crippen LogP contribution in [0.2, 0.25) is 0 Å². The molecule has 1 aromatic heterocycles. The van der Waals surface area contributed by atoms with Crippen LogP contribution in [0, 0.1) is 13.8 Å². The summed E-state index contributed by atoms with van der Waals surface area (Å²) in [5, 5.41) is 6.41. The fourth-order valence-electron chi connectivity index (χ4n) is 1.87. The number of rotatable bonds is 5. The maximum absolute atomic E-state index is 11.9. The first kappa shape index (κ1) is 15.2. The Kier molecular flexibility index (Phi) is 5.05. The van der Waals surface area contributed by atoms with Crippen LogP contribution in [0.3, 0.4) is 0 Å². The molecule has 0 spiro atoms. The summed E-state index contributed by atoms with van der Waals surface area (Å²) in [7, 11) is 0. The predicted molar refractivity (Wildman–Crippen MR) is 82.7 cm³/mol. The Bertz CT molecular complexity index is 638. The molecule has 0 saturated carbocycles. The van der Waals surface area contributed by atoms with E-state index in [0.29, 0.717) is 23.5 Å². The van der Waals surface area contributed by atoms with Crippen LogP contribution in [-0.4, -0.2) is 29.9 Å². The summed E-state index contributed by atoms with van der Waals surface area (Å²) in [4.78, 5) is 28.6. The van der Waals surface area contributed by atoms with Crippen LogP contribution in [0.1, 0.15) is 30.7 Å². The van der Waals surface area contributed by atoms with Gasteiger partial charge < -0.3 is 10.6 Å². The lowest BCUT2D eigenvalue weighted by Crippen LogP contribution is -2.34. The van der Waals surface area contributed by atoms with E-state index in [1.165, 1.54) is 11.3 Å². The van der Waals surface area contributed by atoms with Crippen LogP contribution in [0.5, 0.6) is 0 Å². The lowest BCUT2D eigenvalue weighted by atomic mass is 10.2. The molecule has 1 aromatic carbocycles. The molecule has 0 bridgehead atoms. The van der Waals surface area contributed by atoms with Gasteiger partial charge in [-0.3, -0.25) is 9.59 Å². The molecule has 5 nitrogen and oxygen atoms in total. The fourth-order valence-corrected chi connectivity index (χ4v) is 2.70. The number of hydrogen-bond acceptors (Lipinski definition) is 4. The molecule has 0 atom stereocenters. The Hall–Kier alpha value is -2.21. The van der Waals surface area contributed by atoms with Gasteiger partial charge in [-0.1, -0.05) is 18.2 Å². The van der Waals surface area contributed by atoms with Crippen molar-refractivity contribution in [2.45, 2.75) is 13.8 Å². The van der Waals surface area contributed by atoms with Gasteiger partial charge in [-0.05, 0) is 26.0 Å². The summed E-state index contributed by atoms with van der Waals surface area (Å²) >= 11 is 1.37. The lowest BCUT2D eigenvalue weighted by Gasteiger charge is -2.06. The summed E-state index contributed by atoms with van der Waals surface area (Å²) in [5.41, 5.74) is 1.35. The molecule has 2 rings (SSSR count). The molecule has 2 amide bonds. The number of nitrogens with zero attached hydrogens (tertiary/aromatic N) is 1. The first-order valence-electron chi connectivity index (χ1n) is 6.63. The molecule has 0 unspecified atom stereocenters. The van der Waals surface area contributed by atoms with Crippen LogP contribution >= 0.6 is 11.3 Å². The molecule has 2 N–H and O–H groups in total. The second kappa shape index (κ2) is 6.99. The quantitative estimate of drug-likeness (QED) is 0.829. The third-order valence-corrected chi connectivity index (χ3v) is 3.91. The van der Waals surface area contributed by atoms with Gasteiger partial charge in [-0.25, -0.2) is 4.98 Å². The summed E-state index contributed by atoms with van der Waals surface area (Å²) in [5.74, 6) is -0.290. The zero-order valence-electron chi connectivity index (χ0n) is 12.0. The van der Waals surface area contributed by atoms with Gasteiger partial charge in [0, 0.05) is 18.7 Å². The number of carbonyl (C=O) groups is 2. The minimum absolute atomic E-state index is 0.144. The van der Waals surface area contributed by atoms with E-state index in [1.807, 2.05) is 32.0 Å². The number of aryl methyl sites for hydroxylation is 2. The van der Waals surface area contributed by atoms with Gasteiger partial charge in [-0.2, -0.15) is 0 Å². The standard InChI is InChI=1S/C15H17N3O2S/c1-10-13(21-11(2)18-10)15(20)17-9-8-16-14(19)12-6-4-3-5-7-12/h3-7H,8-9H2,1-2H3,(H,16,19)(H,17,20). The zero-order valence-corrected chi connectivity index (χ0v) is 12.8. The van der Waals surface area contributed by atoms with Crippen molar-refractivity contribution >= 4 is 23.2 Å². The molecule has 0 aliphatic heterocycles. The molecule has 2 aromatic rings. The lowest BCUT2D eigenvalue weighted by molar-refractivity contribution is 0.0929. The largest absolute Gasteiger partial charge is 0.350 e. The van der Waals surface area contributed by atoms with E-state index in [4.69, 9.17) is 0 Å². The Balaban J connectivity index is 1.76. The van der Waals surface area contributed by atoms with E-state index in [0.717, 1.165) is 10.7 Å². The molecule has 1 heterocycles. The molecular formula is C15H17N3O2S. The van der Waals surface area contributed by atoms with Crippen molar-refractivity contribution in [1.82, 2.24) is 15.6 Å². The molecule has 0 aliphatic carbocycles. The number of thiazole rings is 1. The van der Waals surface area contributed by atoms with Crippen molar-refractivity contribution in [2.24, 2.45) is 0 Å². The van der Waals surface area contributed by atoms with Crippen molar-refractivity contribution in [1.29, 1.82) is 0 Å². The molecule has 0 aliphatic rings. The summed E-state index contributed by atoms with van der Waals surface area (Å²) in [6.45, 7) is 4.45. The van der Waals surface area contributed by atoms with E-state index >= 15 is 0 Å². The van der Waals surface area contributed by atoms with Gasteiger partial charge in [0.05, 0.1) is 10.7 Å². The average molecular weight is 303 g/mol. The van der Waals surface area contributed by atoms with Crippen molar-refractivity contribution in [3.63, 3.8) is 0 Å².